The van der Waals surface area contributed by atoms with E-state index < -0.39 is 0 Å². The first-order chi connectivity index (χ1) is 14.4. The third-order valence-corrected chi connectivity index (χ3v) is 7.67. The fourth-order valence-corrected chi connectivity index (χ4v) is 5.89. The minimum Gasteiger partial charge on any atom is -0.348 e. The van der Waals surface area contributed by atoms with Crippen molar-refractivity contribution >= 4 is 22.9 Å². The minimum atomic E-state index is -0.373. The Morgan fingerprint density at radius 2 is 2.17 bits per heavy atom. The van der Waals surface area contributed by atoms with Gasteiger partial charge in [-0.2, -0.15) is 5.10 Å². The molecule has 2 aliphatic carbocycles. The van der Waals surface area contributed by atoms with Crippen LogP contribution >= 0.6 is 0 Å². The molecular weight excluding hydrogens is 383 g/mol. The molecule has 1 amide bonds. The number of anilines is 1. The van der Waals surface area contributed by atoms with Crippen molar-refractivity contribution in [2.75, 3.05) is 11.4 Å². The summed E-state index contributed by atoms with van der Waals surface area (Å²) in [6.07, 6.45) is 6.92. The van der Waals surface area contributed by atoms with Crippen molar-refractivity contribution in [1.29, 1.82) is 0 Å². The summed E-state index contributed by atoms with van der Waals surface area (Å²) in [6.45, 7) is 6.98. The second-order valence-electron chi connectivity index (χ2n) is 9.24. The van der Waals surface area contributed by atoms with Crippen LogP contribution in [0.15, 0.2) is 37.3 Å². The van der Waals surface area contributed by atoms with Gasteiger partial charge in [0.05, 0.1) is 30.2 Å². The molecule has 3 fully saturated rings. The third kappa shape index (κ3) is 1.81. The summed E-state index contributed by atoms with van der Waals surface area (Å²) in [6, 6.07) is 3.13. The highest BCUT2D eigenvalue weighted by Crippen LogP contribution is 2.94. The second-order valence-corrected chi connectivity index (χ2v) is 9.24. The van der Waals surface area contributed by atoms with Gasteiger partial charge < -0.3 is 10.2 Å². The Morgan fingerprint density at radius 1 is 1.33 bits per heavy atom. The number of piperidine rings is 2. The molecule has 3 aromatic rings. The van der Waals surface area contributed by atoms with Crippen LogP contribution in [0.1, 0.15) is 47.4 Å². The largest absolute Gasteiger partial charge is 0.348 e. The number of carbonyl (C=O) groups is 1. The molecule has 0 spiro atoms. The lowest BCUT2D eigenvalue weighted by Gasteiger charge is -2.36. The van der Waals surface area contributed by atoms with Crippen molar-refractivity contribution in [3.05, 3.63) is 59.9 Å². The Morgan fingerprint density at radius 3 is 3.00 bits per heavy atom. The van der Waals surface area contributed by atoms with Gasteiger partial charge in [0.25, 0.3) is 5.91 Å². The molecule has 4 aliphatic rings. The quantitative estimate of drug-likeness (QED) is 0.626. The standard InChI is InChI=1S/C22H19FN6O/c1-11-12(2)26-20(30)15-7-25-29-4-3-16(27-19(15)29)28-10-21-8-22(21,9-21)18(28)14-5-13(23)6-24-17(11)14/h3-7,12,18H,1,8-10H2,2H3,(H,26,30)/t12-,18+,21?,22?/m1/s1. The van der Waals surface area contributed by atoms with Crippen LogP contribution in [0.3, 0.4) is 0 Å². The number of nitrogens with one attached hydrogen (secondary N) is 1. The molecule has 1 saturated heterocycles. The van der Waals surface area contributed by atoms with Crippen molar-refractivity contribution in [3.8, 4) is 0 Å². The fraction of sp³-hybridized carbons (Fsp3) is 0.364. The highest BCUT2D eigenvalue weighted by molar-refractivity contribution is 6.00. The number of amides is 1. The Labute approximate surface area is 171 Å². The van der Waals surface area contributed by atoms with Gasteiger partial charge in [-0.05, 0) is 42.9 Å². The van der Waals surface area contributed by atoms with Crippen molar-refractivity contribution in [2.45, 2.75) is 31.8 Å². The van der Waals surface area contributed by atoms with Crippen LogP contribution in [0.25, 0.3) is 11.2 Å². The predicted octanol–water partition coefficient (Wildman–Crippen LogP) is 2.75. The zero-order chi connectivity index (χ0) is 20.4. The fourth-order valence-electron chi connectivity index (χ4n) is 5.89. The highest BCUT2D eigenvalue weighted by atomic mass is 19.1. The molecule has 5 heterocycles. The molecule has 7 nitrogen and oxygen atoms in total. The second kappa shape index (κ2) is 4.88. The number of carbonyl (C=O) groups excluding carboxylic acids is 1. The lowest BCUT2D eigenvalue weighted by atomic mass is 9.89. The summed E-state index contributed by atoms with van der Waals surface area (Å²) in [5.41, 5.74) is 3.60. The number of aromatic nitrogens is 4. The first-order valence-electron chi connectivity index (χ1n) is 10.2. The van der Waals surface area contributed by atoms with E-state index in [9.17, 15) is 9.18 Å². The molecule has 30 heavy (non-hydrogen) atoms. The van der Waals surface area contributed by atoms with E-state index in [0.717, 1.165) is 30.8 Å². The van der Waals surface area contributed by atoms with Crippen LogP contribution in [-0.4, -0.2) is 38.1 Å². The van der Waals surface area contributed by atoms with Crippen LogP contribution in [-0.2, 0) is 0 Å². The number of halogens is 1. The maximum absolute atomic E-state index is 14.4. The Kier molecular flexibility index (Phi) is 2.68. The molecule has 150 valence electrons. The number of nitrogens with zero attached hydrogens (tertiary/aromatic N) is 5. The van der Waals surface area contributed by atoms with Crippen molar-refractivity contribution in [2.24, 2.45) is 10.8 Å². The van der Waals surface area contributed by atoms with Gasteiger partial charge in [0, 0.05) is 23.7 Å². The summed E-state index contributed by atoms with van der Waals surface area (Å²) >= 11 is 0. The smallest absolute Gasteiger partial charge is 0.257 e. The molecule has 2 bridgehead atoms. The molecule has 2 saturated carbocycles. The van der Waals surface area contributed by atoms with Gasteiger partial charge in [-0.15, -0.1) is 0 Å². The van der Waals surface area contributed by atoms with Gasteiger partial charge in [-0.3, -0.25) is 9.78 Å². The van der Waals surface area contributed by atoms with Gasteiger partial charge in [-0.1, -0.05) is 6.58 Å². The molecule has 0 unspecified atom stereocenters. The minimum absolute atomic E-state index is 0.00361. The van der Waals surface area contributed by atoms with E-state index >= 15 is 0 Å². The predicted molar refractivity (Wildman–Crippen MR) is 107 cm³/mol. The van der Waals surface area contributed by atoms with Crippen LogP contribution in [0.2, 0.25) is 0 Å². The molecule has 2 atom stereocenters. The molecule has 2 aliphatic heterocycles. The first kappa shape index (κ1) is 16.5. The number of fused-ring (bicyclic) bond motifs is 5. The average Bonchev–Trinajstić information content (AvgIpc) is 3.36. The number of rotatable bonds is 0. The van der Waals surface area contributed by atoms with Gasteiger partial charge in [0.15, 0.2) is 5.65 Å². The van der Waals surface area contributed by atoms with Gasteiger partial charge in [-0.25, -0.2) is 13.9 Å². The van der Waals surface area contributed by atoms with E-state index in [1.54, 1.807) is 10.6 Å². The Hall–Kier alpha value is -3.29. The molecule has 0 radical (unpaired) electrons. The van der Waals surface area contributed by atoms with Crippen LogP contribution in [0.5, 0.6) is 0 Å². The zero-order valence-corrected chi connectivity index (χ0v) is 16.4. The molecule has 8 heteroatoms. The number of hydrogen-bond donors (Lipinski definition) is 1. The van der Waals surface area contributed by atoms with Crippen LogP contribution in [0, 0.1) is 16.6 Å². The summed E-state index contributed by atoms with van der Waals surface area (Å²) in [5.74, 6) is 0.150. The molecule has 1 N–H and O–H groups in total. The number of pyridine rings is 1. The maximum atomic E-state index is 14.4. The molecule has 7 rings (SSSR count). The zero-order valence-electron chi connectivity index (χ0n) is 16.4. The first-order valence-corrected chi connectivity index (χ1v) is 10.2. The maximum Gasteiger partial charge on any atom is 0.257 e. The van der Waals surface area contributed by atoms with E-state index in [-0.39, 0.29) is 29.2 Å². The Balaban J connectivity index is 1.51. The average molecular weight is 402 g/mol. The van der Waals surface area contributed by atoms with E-state index in [0.29, 0.717) is 27.9 Å². The van der Waals surface area contributed by atoms with E-state index in [1.165, 1.54) is 12.4 Å². The highest BCUT2D eigenvalue weighted by Gasteiger charge is 2.90. The molecular formula is C22H19FN6O. The van der Waals surface area contributed by atoms with Crippen molar-refractivity contribution in [3.63, 3.8) is 0 Å². The van der Waals surface area contributed by atoms with E-state index in [1.807, 2.05) is 19.2 Å². The SMILES string of the molecule is C=C1c2ncc(F)cc2[C@@H]2N(CC34CC23C4)c2ccn3ncc(c3n2)C(=O)N[C@@H]1C. The molecule has 0 aromatic carbocycles. The lowest BCUT2D eigenvalue weighted by Crippen LogP contribution is -2.37. The normalized spacial score (nSPS) is 33.2. The van der Waals surface area contributed by atoms with Crippen molar-refractivity contribution in [1.82, 2.24) is 24.9 Å². The topological polar surface area (TPSA) is 75.4 Å². The Bertz CT molecular complexity index is 1310. The van der Waals surface area contributed by atoms with Crippen molar-refractivity contribution < 1.29 is 9.18 Å². The monoisotopic (exact) mass is 402 g/mol. The number of hydrogen-bond acceptors (Lipinski definition) is 5. The van der Waals surface area contributed by atoms with E-state index in [4.69, 9.17) is 4.98 Å². The van der Waals surface area contributed by atoms with E-state index in [2.05, 4.69) is 26.9 Å². The summed E-state index contributed by atoms with van der Waals surface area (Å²) < 4.78 is 16.0. The summed E-state index contributed by atoms with van der Waals surface area (Å²) in [5, 5.41) is 7.26. The summed E-state index contributed by atoms with van der Waals surface area (Å²) in [4.78, 5) is 24.5. The third-order valence-electron chi connectivity index (χ3n) is 7.67. The van der Waals surface area contributed by atoms with Gasteiger partial charge in [0.1, 0.15) is 17.2 Å². The molecule has 3 aromatic heterocycles. The van der Waals surface area contributed by atoms with Crippen LogP contribution < -0.4 is 10.2 Å². The summed E-state index contributed by atoms with van der Waals surface area (Å²) in [7, 11) is 0. The lowest BCUT2D eigenvalue weighted by molar-refractivity contribution is 0.0949. The van der Waals surface area contributed by atoms with Gasteiger partial charge >= 0.3 is 0 Å². The van der Waals surface area contributed by atoms with Crippen LogP contribution in [0.4, 0.5) is 10.2 Å². The van der Waals surface area contributed by atoms with Gasteiger partial charge in [0.2, 0.25) is 0 Å².